The molecular weight excluding hydrogens is 370 g/mol. The number of hydroxylamine groups is 2. The molecule has 0 unspecified atom stereocenters. The lowest BCUT2D eigenvalue weighted by atomic mass is 10.1. The van der Waals surface area contributed by atoms with Gasteiger partial charge in [0.2, 0.25) is 15.9 Å². The molecule has 0 spiro atoms. The first-order valence-electron chi connectivity index (χ1n) is 7.89. The van der Waals surface area contributed by atoms with Gasteiger partial charge in [0.05, 0.1) is 4.90 Å². The van der Waals surface area contributed by atoms with E-state index in [2.05, 4.69) is 4.98 Å². The van der Waals surface area contributed by atoms with E-state index in [1.165, 1.54) is 19.2 Å². The summed E-state index contributed by atoms with van der Waals surface area (Å²) < 4.78 is 28.6. The number of aromatic nitrogens is 1. The van der Waals surface area contributed by atoms with Crippen molar-refractivity contribution in [2.75, 3.05) is 7.05 Å². The van der Waals surface area contributed by atoms with Crippen LogP contribution >= 0.6 is 0 Å². The minimum Gasteiger partial charge on any atom is -0.439 e. The Morgan fingerprint density at radius 2 is 1.74 bits per heavy atom. The normalized spacial score (nSPS) is 11.4. The van der Waals surface area contributed by atoms with Crippen LogP contribution in [0.25, 0.3) is 22.6 Å². The minimum atomic E-state index is -3.81. The summed E-state index contributed by atoms with van der Waals surface area (Å²) in [4.78, 5) is 16.1. The number of nitrogens with zero attached hydrogens (tertiary/aromatic N) is 2. The number of benzene rings is 2. The summed E-state index contributed by atoms with van der Waals surface area (Å²) in [7, 11) is -2.59. The number of rotatable bonds is 5. The number of likely N-dealkylation sites (N-methyl/N-ethyl adjacent to an activating group) is 1. The third kappa shape index (κ3) is 4.22. The van der Waals surface area contributed by atoms with E-state index in [9.17, 15) is 18.4 Å². The molecule has 27 heavy (non-hydrogen) atoms. The zero-order valence-corrected chi connectivity index (χ0v) is 15.2. The van der Waals surface area contributed by atoms with Gasteiger partial charge < -0.3 is 4.42 Å². The molecule has 9 heteroatoms. The van der Waals surface area contributed by atoms with Gasteiger partial charge in [-0.25, -0.2) is 23.6 Å². The maximum atomic E-state index is 11.8. The van der Waals surface area contributed by atoms with Gasteiger partial charge in [-0.15, -0.1) is 0 Å². The summed E-state index contributed by atoms with van der Waals surface area (Å²) in [6, 6.07) is 15.0. The molecule has 0 saturated carbocycles. The van der Waals surface area contributed by atoms with E-state index in [-0.39, 0.29) is 17.2 Å². The van der Waals surface area contributed by atoms with Crippen LogP contribution in [0.4, 0.5) is 0 Å². The van der Waals surface area contributed by atoms with Crippen molar-refractivity contribution in [3.63, 3.8) is 0 Å². The first-order valence-corrected chi connectivity index (χ1v) is 9.44. The number of hydrogen-bond acceptors (Lipinski definition) is 6. The van der Waals surface area contributed by atoms with Crippen LogP contribution in [0.3, 0.4) is 0 Å². The van der Waals surface area contributed by atoms with E-state index in [0.717, 1.165) is 5.56 Å². The lowest BCUT2D eigenvalue weighted by molar-refractivity contribution is -0.158. The van der Waals surface area contributed by atoms with Gasteiger partial charge in [-0.2, -0.15) is 0 Å². The van der Waals surface area contributed by atoms with Gasteiger partial charge >= 0.3 is 0 Å². The Bertz CT molecular complexity index is 1060. The van der Waals surface area contributed by atoms with Crippen LogP contribution in [0.5, 0.6) is 0 Å². The largest absolute Gasteiger partial charge is 0.439 e. The Hall–Kier alpha value is -3.01. The van der Waals surface area contributed by atoms with E-state index in [1.807, 2.05) is 30.3 Å². The molecule has 0 aliphatic rings. The SMILES string of the molecule is CN(O)C(=O)Cc1nc(-c2ccccc2)c(-c2ccc(S(N)(=O)=O)cc2)o1. The topological polar surface area (TPSA) is 127 Å². The molecule has 3 N–H and O–H groups in total. The predicted molar refractivity (Wildman–Crippen MR) is 97.0 cm³/mol. The number of nitrogens with two attached hydrogens (primary N) is 1. The molecule has 2 aromatic carbocycles. The van der Waals surface area contributed by atoms with E-state index in [4.69, 9.17) is 9.56 Å². The highest BCUT2D eigenvalue weighted by molar-refractivity contribution is 7.89. The molecule has 3 rings (SSSR count). The Morgan fingerprint density at radius 1 is 1.11 bits per heavy atom. The zero-order chi connectivity index (χ0) is 19.6. The highest BCUT2D eigenvalue weighted by Crippen LogP contribution is 2.33. The fourth-order valence-electron chi connectivity index (χ4n) is 2.47. The zero-order valence-electron chi connectivity index (χ0n) is 14.4. The first-order chi connectivity index (χ1) is 12.8. The monoisotopic (exact) mass is 387 g/mol. The number of amides is 1. The summed E-state index contributed by atoms with van der Waals surface area (Å²) in [6.07, 6.45) is -0.220. The fraction of sp³-hybridized carbons (Fsp3) is 0.111. The van der Waals surface area contributed by atoms with Crippen molar-refractivity contribution in [2.45, 2.75) is 11.3 Å². The van der Waals surface area contributed by atoms with Crippen LogP contribution in [0.1, 0.15) is 5.89 Å². The van der Waals surface area contributed by atoms with Crippen LogP contribution in [0.15, 0.2) is 63.9 Å². The van der Waals surface area contributed by atoms with Gasteiger partial charge in [0, 0.05) is 18.2 Å². The molecule has 0 saturated heterocycles. The van der Waals surface area contributed by atoms with Gasteiger partial charge in [0.1, 0.15) is 12.1 Å². The highest BCUT2D eigenvalue weighted by Gasteiger charge is 2.20. The molecule has 0 bridgehead atoms. The molecule has 8 nitrogen and oxygen atoms in total. The van der Waals surface area contributed by atoms with E-state index < -0.39 is 15.9 Å². The van der Waals surface area contributed by atoms with Crippen molar-refractivity contribution in [2.24, 2.45) is 5.14 Å². The number of carbonyl (C=O) groups excluding carboxylic acids is 1. The van der Waals surface area contributed by atoms with Crippen molar-refractivity contribution in [1.29, 1.82) is 0 Å². The summed E-state index contributed by atoms with van der Waals surface area (Å²) in [5.41, 5.74) is 1.84. The van der Waals surface area contributed by atoms with Gasteiger partial charge in [0.25, 0.3) is 5.91 Å². The van der Waals surface area contributed by atoms with Crippen LogP contribution < -0.4 is 5.14 Å². The first kappa shape index (κ1) is 18.8. The summed E-state index contributed by atoms with van der Waals surface area (Å²) >= 11 is 0. The lowest BCUT2D eigenvalue weighted by Crippen LogP contribution is -2.24. The third-order valence-electron chi connectivity index (χ3n) is 3.83. The average Bonchev–Trinajstić information content (AvgIpc) is 3.05. The Labute approximate surface area is 155 Å². The summed E-state index contributed by atoms with van der Waals surface area (Å²) in [6.45, 7) is 0. The quantitative estimate of drug-likeness (QED) is 0.509. The van der Waals surface area contributed by atoms with Crippen molar-refractivity contribution in [3.05, 3.63) is 60.5 Å². The standard InChI is InChI=1S/C18H17N3O5S/c1-21(23)16(22)11-15-20-17(12-5-3-2-4-6-12)18(26-15)13-7-9-14(10-8-13)27(19,24)25/h2-10,23H,11H2,1H3,(H2,19,24,25). The average molecular weight is 387 g/mol. The Balaban J connectivity index is 2.07. The number of primary sulfonamides is 1. The van der Waals surface area contributed by atoms with Crippen LogP contribution in [0, 0.1) is 0 Å². The van der Waals surface area contributed by atoms with E-state index in [1.54, 1.807) is 12.1 Å². The van der Waals surface area contributed by atoms with Crippen molar-refractivity contribution < 1.29 is 22.8 Å². The molecule has 0 aliphatic carbocycles. The van der Waals surface area contributed by atoms with Crippen molar-refractivity contribution >= 4 is 15.9 Å². The second kappa shape index (κ2) is 7.31. The molecular formula is C18H17N3O5S. The molecule has 0 aliphatic heterocycles. The minimum absolute atomic E-state index is 0.0238. The number of carbonyl (C=O) groups is 1. The van der Waals surface area contributed by atoms with Crippen LogP contribution in [-0.4, -0.2) is 36.6 Å². The third-order valence-corrected chi connectivity index (χ3v) is 4.76. The van der Waals surface area contributed by atoms with E-state index in [0.29, 0.717) is 22.1 Å². The second-order valence-electron chi connectivity index (χ2n) is 5.81. The Kier molecular flexibility index (Phi) is 5.08. The van der Waals surface area contributed by atoms with Crippen LogP contribution in [-0.2, 0) is 21.2 Å². The number of oxazole rings is 1. The summed E-state index contributed by atoms with van der Waals surface area (Å²) in [5, 5.41) is 14.8. The van der Waals surface area contributed by atoms with Gasteiger partial charge in [-0.05, 0) is 24.3 Å². The maximum Gasteiger partial charge on any atom is 0.254 e. The molecule has 0 atom stereocenters. The van der Waals surface area contributed by atoms with Gasteiger partial charge in [0.15, 0.2) is 5.76 Å². The molecule has 0 fully saturated rings. The van der Waals surface area contributed by atoms with Crippen molar-refractivity contribution in [1.82, 2.24) is 10.0 Å². The van der Waals surface area contributed by atoms with E-state index >= 15 is 0 Å². The number of hydrogen-bond donors (Lipinski definition) is 2. The molecule has 0 radical (unpaired) electrons. The predicted octanol–water partition coefficient (Wildman–Crippen LogP) is 2.05. The molecule has 1 aromatic heterocycles. The summed E-state index contributed by atoms with van der Waals surface area (Å²) in [5.74, 6) is -0.0668. The highest BCUT2D eigenvalue weighted by atomic mass is 32.2. The van der Waals surface area contributed by atoms with Crippen LogP contribution in [0.2, 0.25) is 0 Å². The fourth-order valence-corrected chi connectivity index (χ4v) is 2.98. The Morgan fingerprint density at radius 3 is 2.30 bits per heavy atom. The van der Waals surface area contributed by atoms with Gasteiger partial charge in [-0.1, -0.05) is 30.3 Å². The lowest BCUT2D eigenvalue weighted by Gasteiger charge is -2.05. The maximum absolute atomic E-state index is 11.8. The molecule has 1 amide bonds. The van der Waals surface area contributed by atoms with Crippen molar-refractivity contribution in [3.8, 4) is 22.6 Å². The van der Waals surface area contributed by atoms with Gasteiger partial charge in [-0.3, -0.25) is 10.0 Å². The number of sulfonamides is 1. The molecule has 3 aromatic rings. The second-order valence-corrected chi connectivity index (χ2v) is 7.38. The molecule has 140 valence electrons. The smallest absolute Gasteiger partial charge is 0.254 e. The molecule has 1 heterocycles.